The first-order valence-electron chi connectivity index (χ1n) is 9.72. The van der Waals surface area contributed by atoms with E-state index >= 15 is 0 Å². The van der Waals surface area contributed by atoms with Gasteiger partial charge in [0.05, 0.1) is 25.4 Å². The molecule has 2 aromatic heterocycles. The van der Waals surface area contributed by atoms with Gasteiger partial charge in [-0.25, -0.2) is 9.98 Å². The van der Waals surface area contributed by atoms with Gasteiger partial charge in [0.2, 0.25) is 0 Å². The van der Waals surface area contributed by atoms with Gasteiger partial charge in [0.1, 0.15) is 11.5 Å². The standard InChI is InChI=1S/C20H25F2N5O2S/c1-3-8-28-16-6-5-14(17(10-16)29-18(21)22)11-24-19(23-4-2)25-12-15-13-27-7-9-30-20(27)26-15/h5-7,9-10,13,18H,3-4,8,11-12H2,1-2H3,(H2,23,24,25). The summed E-state index contributed by atoms with van der Waals surface area (Å²) >= 11 is 1.57. The highest BCUT2D eigenvalue weighted by Gasteiger charge is 2.12. The summed E-state index contributed by atoms with van der Waals surface area (Å²) in [6, 6.07) is 4.90. The van der Waals surface area contributed by atoms with E-state index in [1.165, 1.54) is 6.07 Å². The zero-order valence-electron chi connectivity index (χ0n) is 16.9. The van der Waals surface area contributed by atoms with Crippen LogP contribution in [-0.4, -0.2) is 35.1 Å². The summed E-state index contributed by atoms with van der Waals surface area (Å²) in [4.78, 5) is 9.94. The lowest BCUT2D eigenvalue weighted by Crippen LogP contribution is -2.36. The van der Waals surface area contributed by atoms with E-state index in [-0.39, 0.29) is 12.3 Å². The second-order valence-electron chi connectivity index (χ2n) is 6.37. The van der Waals surface area contributed by atoms with Crippen LogP contribution in [0.15, 0.2) is 41.0 Å². The summed E-state index contributed by atoms with van der Waals surface area (Å²) in [5.41, 5.74) is 1.42. The summed E-state index contributed by atoms with van der Waals surface area (Å²) in [7, 11) is 0. The van der Waals surface area contributed by atoms with Crippen LogP contribution < -0.4 is 20.1 Å². The SMILES string of the molecule is CCCOc1ccc(CN=C(NCC)NCc2cn3ccsc3n2)c(OC(F)F)c1. The Morgan fingerprint density at radius 1 is 1.30 bits per heavy atom. The molecule has 0 unspecified atom stereocenters. The Morgan fingerprint density at radius 3 is 2.90 bits per heavy atom. The number of imidazole rings is 1. The topological polar surface area (TPSA) is 72.2 Å². The molecule has 0 saturated heterocycles. The Bertz CT molecular complexity index is 945. The van der Waals surface area contributed by atoms with Crippen LogP contribution in [0.4, 0.5) is 8.78 Å². The predicted octanol–water partition coefficient (Wildman–Crippen LogP) is 4.04. The number of hydrogen-bond donors (Lipinski definition) is 2. The Labute approximate surface area is 177 Å². The number of nitrogens with one attached hydrogen (secondary N) is 2. The number of benzene rings is 1. The molecule has 162 valence electrons. The second kappa shape index (κ2) is 10.8. The van der Waals surface area contributed by atoms with Crippen LogP contribution in [0.2, 0.25) is 0 Å². The van der Waals surface area contributed by atoms with Crippen LogP contribution in [0.3, 0.4) is 0 Å². The number of halogens is 2. The minimum atomic E-state index is -2.92. The van der Waals surface area contributed by atoms with Gasteiger partial charge >= 0.3 is 6.61 Å². The fraction of sp³-hybridized carbons (Fsp3) is 0.400. The molecule has 0 fully saturated rings. The number of aliphatic imine (C=N–C) groups is 1. The molecule has 1 aromatic carbocycles. The zero-order chi connectivity index (χ0) is 21.3. The van der Waals surface area contributed by atoms with Crippen molar-refractivity contribution in [2.45, 2.75) is 40.0 Å². The average Bonchev–Trinajstić information content (AvgIpc) is 3.31. The van der Waals surface area contributed by atoms with Gasteiger partial charge in [-0.15, -0.1) is 11.3 Å². The number of ether oxygens (including phenoxy) is 2. The maximum absolute atomic E-state index is 12.8. The molecular formula is C20H25F2N5O2S. The molecule has 30 heavy (non-hydrogen) atoms. The summed E-state index contributed by atoms with van der Waals surface area (Å²) < 4.78 is 37.8. The molecule has 7 nitrogen and oxygen atoms in total. The largest absolute Gasteiger partial charge is 0.493 e. The summed E-state index contributed by atoms with van der Waals surface area (Å²) in [6.45, 7) is 2.83. The minimum absolute atomic E-state index is 0.0625. The number of fused-ring (bicyclic) bond motifs is 1. The molecule has 0 bridgehead atoms. The van der Waals surface area contributed by atoms with Crippen molar-refractivity contribution in [2.24, 2.45) is 4.99 Å². The van der Waals surface area contributed by atoms with Gasteiger partial charge in [0.25, 0.3) is 0 Å². The highest BCUT2D eigenvalue weighted by Crippen LogP contribution is 2.27. The third kappa shape index (κ3) is 6.06. The van der Waals surface area contributed by atoms with E-state index in [9.17, 15) is 8.78 Å². The quantitative estimate of drug-likeness (QED) is 0.370. The molecule has 0 aliphatic rings. The lowest BCUT2D eigenvalue weighted by atomic mass is 10.2. The molecule has 0 amide bonds. The summed E-state index contributed by atoms with van der Waals surface area (Å²) in [5, 5.41) is 8.33. The average molecular weight is 438 g/mol. The molecule has 0 saturated carbocycles. The molecule has 0 atom stereocenters. The Hall–Kier alpha value is -2.88. The molecular weight excluding hydrogens is 412 g/mol. The fourth-order valence-corrected chi connectivity index (χ4v) is 3.44. The molecule has 2 N–H and O–H groups in total. The van der Waals surface area contributed by atoms with Crippen LogP contribution in [0, 0.1) is 0 Å². The van der Waals surface area contributed by atoms with E-state index in [0.29, 0.717) is 37.0 Å². The van der Waals surface area contributed by atoms with E-state index in [2.05, 4.69) is 25.3 Å². The van der Waals surface area contributed by atoms with E-state index in [1.807, 2.05) is 36.0 Å². The van der Waals surface area contributed by atoms with E-state index in [0.717, 1.165) is 17.1 Å². The summed E-state index contributed by atoms with van der Waals surface area (Å²) in [6.07, 6.45) is 4.73. The molecule has 0 radical (unpaired) electrons. The molecule has 2 heterocycles. The van der Waals surface area contributed by atoms with Crippen LogP contribution in [-0.2, 0) is 13.1 Å². The maximum Gasteiger partial charge on any atom is 0.387 e. The van der Waals surface area contributed by atoms with Crippen LogP contribution in [0.25, 0.3) is 4.96 Å². The molecule has 0 aliphatic heterocycles. The number of alkyl halides is 2. The molecule has 3 aromatic rings. The second-order valence-corrected chi connectivity index (χ2v) is 7.24. The van der Waals surface area contributed by atoms with Gasteiger partial charge < -0.3 is 20.1 Å². The molecule has 3 rings (SSSR count). The van der Waals surface area contributed by atoms with Crippen molar-refractivity contribution < 1.29 is 18.3 Å². The number of aromatic nitrogens is 2. The highest BCUT2D eigenvalue weighted by molar-refractivity contribution is 7.15. The predicted molar refractivity (Wildman–Crippen MR) is 114 cm³/mol. The number of thiazole rings is 1. The molecule has 0 spiro atoms. The van der Waals surface area contributed by atoms with Crippen molar-refractivity contribution in [3.05, 3.63) is 47.2 Å². The Balaban J connectivity index is 1.69. The van der Waals surface area contributed by atoms with Gasteiger partial charge in [-0.1, -0.05) is 6.92 Å². The maximum atomic E-state index is 12.8. The lowest BCUT2D eigenvalue weighted by molar-refractivity contribution is -0.0505. The summed E-state index contributed by atoms with van der Waals surface area (Å²) in [5.74, 6) is 1.11. The van der Waals surface area contributed by atoms with E-state index in [1.54, 1.807) is 23.5 Å². The van der Waals surface area contributed by atoms with Crippen LogP contribution in [0.1, 0.15) is 31.5 Å². The van der Waals surface area contributed by atoms with Crippen molar-refractivity contribution >= 4 is 22.3 Å². The van der Waals surface area contributed by atoms with Gasteiger partial charge in [-0.3, -0.25) is 4.40 Å². The van der Waals surface area contributed by atoms with Crippen molar-refractivity contribution in [2.75, 3.05) is 13.2 Å². The normalized spacial score (nSPS) is 11.8. The van der Waals surface area contributed by atoms with Gasteiger partial charge in [0, 0.05) is 35.9 Å². The third-order valence-electron chi connectivity index (χ3n) is 4.06. The van der Waals surface area contributed by atoms with Gasteiger partial charge in [-0.05, 0) is 25.5 Å². The van der Waals surface area contributed by atoms with Crippen molar-refractivity contribution in [3.8, 4) is 11.5 Å². The Morgan fingerprint density at radius 2 is 2.17 bits per heavy atom. The van der Waals surface area contributed by atoms with Crippen LogP contribution in [0.5, 0.6) is 11.5 Å². The first kappa shape index (κ1) is 21.8. The van der Waals surface area contributed by atoms with Crippen molar-refractivity contribution in [1.82, 2.24) is 20.0 Å². The first-order valence-corrected chi connectivity index (χ1v) is 10.6. The van der Waals surface area contributed by atoms with E-state index < -0.39 is 6.61 Å². The number of rotatable bonds is 10. The molecule has 10 heteroatoms. The third-order valence-corrected chi connectivity index (χ3v) is 4.83. The fourth-order valence-electron chi connectivity index (χ4n) is 2.72. The Kier molecular flexibility index (Phi) is 7.83. The lowest BCUT2D eigenvalue weighted by Gasteiger charge is -2.14. The first-order chi connectivity index (χ1) is 14.6. The zero-order valence-corrected chi connectivity index (χ0v) is 17.7. The highest BCUT2D eigenvalue weighted by atomic mass is 32.1. The molecule has 0 aliphatic carbocycles. The monoisotopic (exact) mass is 437 g/mol. The van der Waals surface area contributed by atoms with Crippen LogP contribution >= 0.6 is 11.3 Å². The number of nitrogens with zero attached hydrogens (tertiary/aromatic N) is 3. The van der Waals surface area contributed by atoms with Crippen molar-refractivity contribution in [3.63, 3.8) is 0 Å². The van der Waals surface area contributed by atoms with Gasteiger partial charge in [-0.2, -0.15) is 8.78 Å². The smallest absolute Gasteiger partial charge is 0.387 e. The number of hydrogen-bond acceptors (Lipinski definition) is 5. The van der Waals surface area contributed by atoms with Gasteiger partial charge in [0.15, 0.2) is 10.9 Å². The van der Waals surface area contributed by atoms with Crippen molar-refractivity contribution in [1.29, 1.82) is 0 Å². The van der Waals surface area contributed by atoms with E-state index in [4.69, 9.17) is 4.74 Å². The minimum Gasteiger partial charge on any atom is -0.493 e. The number of guanidine groups is 1.